The topological polar surface area (TPSA) is 46.5 Å². The summed E-state index contributed by atoms with van der Waals surface area (Å²) in [5.41, 5.74) is 0. The van der Waals surface area contributed by atoms with E-state index in [-0.39, 0.29) is 12.0 Å². The molecule has 0 aromatic heterocycles. The lowest BCUT2D eigenvalue weighted by atomic mass is 9.81. The predicted molar refractivity (Wildman–Crippen MR) is 44.9 cm³/mol. The first kappa shape index (κ1) is 9.52. The number of ether oxygens (including phenoxy) is 1. The molecule has 1 fully saturated rings. The van der Waals surface area contributed by atoms with E-state index in [2.05, 4.69) is 6.92 Å². The molecule has 1 aliphatic rings. The van der Waals surface area contributed by atoms with Crippen molar-refractivity contribution in [1.29, 1.82) is 0 Å². The summed E-state index contributed by atoms with van der Waals surface area (Å²) in [6, 6.07) is 0. The van der Waals surface area contributed by atoms with Gasteiger partial charge in [0.1, 0.15) is 0 Å². The van der Waals surface area contributed by atoms with Gasteiger partial charge in [0.05, 0.1) is 12.0 Å². The first-order chi connectivity index (χ1) is 5.65. The fourth-order valence-electron chi connectivity index (χ4n) is 1.87. The molecule has 0 bridgehead atoms. The smallest absolute Gasteiger partial charge is 0.309 e. The molecule has 1 aliphatic carbocycles. The van der Waals surface area contributed by atoms with E-state index in [1.54, 1.807) is 7.11 Å². The van der Waals surface area contributed by atoms with Crippen LogP contribution in [0, 0.1) is 11.8 Å². The fraction of sp³-hybridized carbons (Fsp3) is 0.889. The zero-order chi connectivity index (χ0) is 9.14. The van der Waals surface area contributed by atoms with Crippen molar-refractivity contribution in [2.75, 3.05) is 7.11 Å². The molecule has 3 unspecified atom stereocenters. The Hall–Kier alpha value is -0.570. The molecule has 3 atom stereocenters. The van der Waals surface area contributed by atoms with E-state index in [4.69, 9.17) is 9.84 Å². The molecule has 3 nitrogen and oxygen atoms in total. The Labute approximate surface area is 72.7 Å². The van der Waals surface area contributed by atoms with Crippen LogP contribution < -0.4 is 0 Å². The Balaban J connectivity index is 2.56. The van der Waals surface area contributed by atoms with Crippen LogP contribution in [0.25, 0.3) is 0 Å². The van der Waals surface area contributed by atoms with Crippen molar-refractivity contribution in [3.63, 3.8) is 0 Å². The van der Waals surface area contributed by atoms with Gasteiger partial charge in [0.2, 0.25) is 0 Å². The highest BCUT2D eigenvalue weighted by Crippen LogP contribution is 2.30. The third-order valence-electron chi connectivity index (χ3n) is 2.67. The Morgan fingerprint density at radius 2 is 2.17 bits per heavy atom. The summed E-state index contributed by atoms with van der Waals surface area (Å²) in [5.74, 6) is -0.398. The summed E-state index contributed by atoms with van der Waals surface area (Å²) in [7, 11) is 1.60. The molecule has 12 heavy (non-hydrogen) atoms. The van der Waals surface area contributed by atoms with Gasteiger partial charge in [-0.25, -0.2) is 0 Å². The van der Waals surface area contributed by atoms with Gasteiger partial charge in [-0.2, -0.15) is 0 Å². The molecule has 1 rings (SSSR count). The summed E-state index contributed by atoms with van der Waals surface area (Å²) >= 11 is 0. The number of aliphatic carboxylic acids is 1. The van der Waals surface area contributed by atoms with E-state index in [0.29, 0.717) is 5.92 Å². The highest BCUT2D eigenvalue weighted by Gasteiger charge is 2.33. The van der Waals surface area contributed by atoms with Crippen LogP contribution in [0.5, 0.6) is 0 Å². The molecule has 0 radical (unpaired) electrons. The van der Waals surface area contributed by atoms with Crippen molar-refractivity contribution in [3.8, 4) is 0 Å². The van der Waals surface area contributed by atoms with Crippen LogP contribution in [-0.2, 0) is 9.53 Å². The molecule has 70 valence electrons. The van der Waals surface area contributed by atoms with E-state index in [1.165, 1.54) is 0 Å². The quantitative estimate of drug-likeness (QED) is 0.687. The lowest BCUT2D eigenvalue weighted by Crippen LogP contribution is -2.35. The minimum absolute atomic E-state index is 0.0775. The standard InChI is InChI=1S/C9H16O3/c1-6-3-4-7(9(10)11)8(5-6)12-2/h6-8H,3-5H2,1-2H3,(H,10,11). The Morgan fingerprint density at radius 3 is 2.67 bits per heavy atom. The largest absolute Gasteiger partial charge is 0.481 e. The van der Waals surface area contributed by atoms with Gasteiger partial charge in [-0.05, 0) is 25.2 Å². The summed E-state index contributed by atoms with van der Waals surface area (Å²) in [4.78, 5) is 10.8. The first-order valence-corrected chi connectivity index (χ1v) is 4.40. The van der Waals surface area contributed by atoms with E-state index >= 15 is 0 Å². The number of carboxylic acid groups (broad SMARTS) is 1. The van der Waals surface area contributed by atoms with Gasteiger partial charge < -0.3 is 9.84 Å². The van der Waals surface area contributed by atoms with E-state index in [0.717, 1.165) is 19.3 Å². The van der Waals surface area contributed by atoms with Crippen LogP contribution >= 0.6 is 0 Å². The Kier molecular flexibility index (Phi) is 3.09. The summed E-state index contributed by atoms with van der Waals surface area (Å²) in [6.07, 6.45) is 2.57. The highest BCUT2D eigenvalue weighted by atomic mass is 16.5. The minimum Gasteiger partial charge on any atom is -0.481 e. The zero-order valence-corrected chi connectivity index (χ0v) is 7.62. The Morgan fingerprint density at radius 1 is 1.50 bits per heavy atom. The van der Waals surface area contributed by atoms with Crippen LogP contribution in [0.3, 0.4) is 0 Å². The maximum absolute atomic E-state index is 10.8. The second kappa shape index (κ2) is 3.90. The average molecular weight is 172 g/mol. The minimum atomic E-state index is -0.714. The van der Waals surface area contributed by atoms with E-state index in [9.17, 15) is 4.79 Å². The third-order valence-corrected chi connectivity index (χ3v) is 2.67. The predicted octanol–water partition coefficient (Wildman–Crippen LogP) is 1.52. The average Bonchev–Trinajstić information content (AvgIpc) is 2.03. The third kappa shape index (κ3) is 1.97. The normalized spacial score (nSPS) is 36.3. The van der Waals surface area contributed by atoms with Crippen LogP contribution in [0.4, 0.5) is 0 Å². The van der Waals surface area contributed by atoms with Crippen molar-refractivity contribution in [1.82, 2.24) is 0 Å². The molecule has 3 heteroatoms. The van der Waals surface area contributed by atoms with Gasteiger partial charge in [-0.1, -0.05) is 6.92 Å². The summed E-state index contributed by atoms with van der Waals surface area (Å²) in [6.45, 7) is 2.14. The summed E-state index contributed by atoms with van der Waals surface area (Å²) in [5, 5.41) is 8.85. The van der Waals surface area contributed by atoms with Crippen LogP contribution in [-0.4, -0.2) is 24.3 Å². The van der Waals surface area contributed by atoms with Gasteiger partial charge in [-0.3, -0.25) is 4.79 Å². The number of carboxylic acids is 1. The second-order valence-corrected chi connectivity index (χ2v) is 3.64. The maximum atomic E-state index is 10.8. The van der Waals surface area contributed by atoms with Crippen LogP contribution in [0.2, 0.25) is 0 Å². The van der Waals surface area contributed by atoms with Crippen LogP contribution in [0.15, 0.2) is 0 Å². The number of rotatable bonds is 2. The van der Waals surface area contributed by atoms with Gasteiger partial charge in [0.15, 0.2) is 0 Å². The molecule has 0 aliphatic heterocycles. The van der Waals surface area contributed by atoms with E-state index in [1.807, 2.05) is 0 Å². The molecule has 1 N–H and O–H groups in total. The van der Waals surface area contributed by atoms with Crippen LogP contribution in [0.1, 0.15) is 26.2 Å². The van der Waals surface area contributed by atoms with Crippen molar-refractivity contribution in [3.05, 3.63) is 0 Å². The fourth-order valence-corrected chi connectivity index (χ4v) is 1.87. The molecule has 0 amide bonds. The number of methoxy groups -OCH3 is 1. The molecule has 1 saturated carbocycles. The highest BCUT2D eigenvalue weighted by molar-refractivity contribution is 5.70. The molecular formula is C9H16O3. The molecular weight excluding hydrogens is 156 g/mol. The van der Waals surface area contributed by atoms with Crippen molar-refractivity contribution >= 4 is 5.97 Å². The number of carbonyl (C=O) groups is 1. The first-order valence-electron chi connectivity index (χ1n) is 4.40. The van der Waals surface area contributed by atoms with Crippen molar-refractivity contribution < 1.29 is 14.6 Å². The lowest BCUT2D eigenvalue weighted by Gasteiger charge is -2.31. The number of hydrogen-bond donors (Lipinski definition) is 1. The Bertz CT molecular complexity index is 167. The molecule has 0 aromatic carbocycles. The molecule has 0 saturated heterocycles. The molecule has 0 spiro atoms. The maximum Gasteiger partial charge on any atom is 0.309 e. The zero-order valence-electron chi connectivity index (χ0n) is 7.62. The van der Waals surface area contributed by atoms with Gasteiger partial charge in [0.25, 0.3) is 0 Å². The van der Waals surface area contributed by atoms with Gasteiger partial charge >= 0.3 is 5.97 Å². The lowest BCUT2D eigenvalue weighted by molar-refractivity contribution is -0.149. The number of hydrogen-bond acceptors (Lipinski definition) is 2. The molecule has 0 heterocycles. The monoisotopic (exact) mass is 172 g/mol. The van der Waals surface area contributed by atoms with Gasteiger partial charge in [-0.15, -0.1) is 0 Å². The SMILES string of the molecule is COC1CC(C)CCC1C(=O)O. The summed E-state index contributed by atoms with van der Waals surface area (Å²) < 4.78 is 5.15. The van der Waals surface area contributed by atoms with Crippen molar-refractivity contribution in [2.24, 2.45) is 11.8 Å². The molecule has 0 aromatic rings. The second-order valence-electron chi connectivity index (χ2n) is 3.64. The van der Waals surface area contributed by atoms with Gasteiger partial charge in [0, 0.05) is 7.11 Å². The van der Waals surface area contributed by atoms with E-state index < -0.39 is 5.97 Å². The van der Waals surface area contributed by atoms with Crippen molar-refractivity contribution in [2.45, 2.75) is 32.3 Å².